The zero-order valence-corrected chi connectivity index (χ0v) is 11.7. The van der Waals surface area contributed by atoms with Crippen LogP contribution in [-0.2, 0) is 0 Å². The molecule has 0 saturated carbocycles. The average Bonchev–Trinajstić information content (AvgIpc) is 2.39. The number of thioether (sulfide) groups is 1. The van der Waals surface area contributed by atoms with Crippen molar-refractivity contribution < 1.29 is 0 Å². The molecule has 0 saturated heterocycles. The summed E-state index contributed by atoms with van der Waals surface area (Å²) in [5.74, 6) is 1.68. The average molecular weight is 278 g/mol. The van der Waals surface area contributed by atoms with E-state index < -0.39 is 0 Å². The summed E-state index contributed by atoms with van der Waals surface area (Å²) in [7, 11) is 0. The SMILES string of the molecule is CSCCCCNc1nc2ccc(N)cc2c(=O)[nH]1. The first kappa shape index (κ1) is 13.7. The minimum absolute atomic E-state index is 0.163. The number of nitrogens with zero attached hydrogens (tertiary/aromatic N) is 1. The summed E-state index contributed by atoms with van der Waals surface area (Å²) in [6.07, 6.45) is 4.31. The Morgan fingerprint density at radius 3 is 3.05 bits per heavy atom. The molecule has 1 aromatic carbocycles. The quantitative estimate of drug-likeness (QED) is 0.556. The lowest BCUT2D eigenvalue weighted by molar-refractivity contribution is 0.835. The number of unbranched alkanes of at least 4 members (excludes halogenated alkanes) is 1. The molecule has 0 fully saturated rings. The van der Waals surface area contributed by atoms with Gasteiger partial charge in [0.15, 0.2) is 0 Å². The summed E-state index contributed by atoms with van der Waals surface area (Å²) in [5.41, 5.74) is 6.72. The maximum absolute atomic E-state index is 11.9. The van der Waals surface area contributed by atoms with E-state index in [4.69, 9.17) is 5.73 Å². The number of fused-ring (bicyclic) bond motifs is 1. The van der Waals surface area contributed by atoms with E-state index in [0.29, 0.717) is 22.5 Å². The van der Waals surface area contributed by atoms with Gasteiger partial charge in [-0.2, -0.15) is 11.8 Å². The lowest BCUT2D eigenvalue weighted by atomic mass is 10.2. The monoisotopic (exact) mass is 278 g/mol. The zero-order valence-electron chi connectivity index (χ0n) is 10.9. The van der Waals surface area contributed by atoms with E-state index in [2.05, 4.69) is 21.5 Å². The van der Waals surface area contributed by atoms with Gasteiger partial charge in [0.1, 0.15) is 0 Å². The van der Waals surface area contributed by atoms with Crippen LogP contribution >= 0.6 is 11.8 Å². The van der Waals surface area contributed by atoms with Gasteiger partial charge in [0, 0.05) is 12.2 Å². The minimum Gasteiger partial charge on any atom is -0.399 e. The molecular formula is C13H18N4OS. The molecule has 0 radical (unpaired) electrons. The third-order valence-electron chi connectivity index (χ3n) is 2.80. The van der Waals surface area contributed by atoms with E-state index in [1.165, 1.54) is 0 Å². The van der Waals surface area contributed by atoms with Crippen LogP contribution in [0.1, 0.15) is 12.8 Å². The molecule has 2 rings (SSSR count). The largest absolute Gasteiger partial charge is 0.399 e. The minimum atomic E-state index is -0.163. The molecule has 19 heavy (non-hydrogen) atoms. The van der Waals surface area contributed by atoms with Crippen molar-refractivity contribution in [2.75, 3.05) is 29.6 Å². The zero-order chi connectivity index (χ0) is 13.7. The number of aromatic nitrogens is 2. The molecule has 5 nitrogen and oxygen atoms in total. The van der Waals surface area contributed by atoms with Crippen molar-refractivity contribution in [2.24, 2.45) is 0 Å². The van der Waals surface area contributed by atoms with E-state index in [1.54, 1.807) is 18.2 Å². The van der Waals surface area contributed by atoms with Crippen molar-refractivity contribution in [3.63, 3.8) is 0 Å². The van der Waals surface area contributed by atoms with Gasteiger partial charge in [-0.3, -0.25) is 9.78 Å². The smallest absolute Gasteiger partial charge is 0.260 e. The molecule has 102 valence electrons. The van der Waals surface area contributed by atoms with Crippen LogP contribution in [-0.4, -0.2) is 28.5 Å². The van der Waals surface area contributed by atoms with Gasteiger partial charge >= 0.3 is 0 Å². The van der Waals surface area contributed by atoms with E-state index in [-0.39, 0.29) is 5.56 Å². The predicted octanol–water partition coefficient (Wildman–Crippen LogP) is 2.06. The lowest BCUT2D eigenvalue weighted by Gasteiger charge is -2.06. The van der Waals surface area contributed by atoms with Crippen molar-refractivity contribution >= 4 is 34.3 Å². The normalized spacial score (nSPS) is 10.8. The molecule has 0 aliphatic carbocycles. The van der Waals surface area contributed by atoms with Gasteiger partial charge in [-0.1, -0.05) is 0 Å². The summed E-state index contributed by atoms with van der Waals surface area (Å²) in [6.45, 7) is 0.810. The number of nitrogens with one attached hydrogen (secondary N) is 2. The van der Waals surface area contributed by atoms with Gasteiger partial charge < -0.3 is 11.1 Å². The Morgan fingerprint density at radius 1 is 1.42 bits per heavy atom. The topological polar surface area (TPSA) is 83.8 Å². The second-order valence-electron chi connectivity index (χ2n) is 4.32. The van der Waals surface area contributed by atoms with Crippen molar-refractivity contribution in [3.05, 3.63) is 28.6 Å². The van der Waals surface area contributed by atoms with Crippen LogP contribution in [0.15, 0.2) is 23.0 Å². The van der Waals surface area contributed by atoms with Crippen LogP contribution in [0.4, 0.5) is 11.6 Å². The van der Waals surface area contributed by atoms with Crippen molar-refractivity contribution in [3.8, 4) is 0 Å². The molecule has 4 N–H and O–H groups in total. The number of anilines is 2. The molecule has 6 heteroatoms. The Bertz CT molecular complexity index is 611. The number of benzene rings is 1. The maximum Gasteiger partial charge on any atom is 0.260 e. The lowest BCUT2D eigenvalue weighted by Crippen LogP contribution is -2.14. The molecular weight excluding hydrogens is 260 g/mol. The van der Waals surface area contributed by atoms with Gasteiger partial charge in [0.2, 0.25) is 5.95 Å². The van der Waals surface area contributed by atoms with Crippen molar-refractivity contribution in [1.29, 1.82) is 0 Å². The number of hydrogen-bond donors (Lipinski definition) is 3. The molecule has 0 atom stereocenters. The molecule has 1 heterocycles. The summed E-state index contributed by atoms with van der Waals surface area (Å²) < 4.78 is 0. The van der Waals surface area contributed by atoms with Crippen LogP contribution in [0.2, 0.25) is 0 Å². The number of H-pyrrole nitrogens is 1. The third kappa shape index (κ3) is 3.64. The Kier molecular flexibility index (Phi) is 4.68. The Labute approximate surface area is 116 Å². The van der Waals surface area contributed by atoms with Gasteiger partial charge in [-0.05, 0) is 43.0 Å². The maximum atomic E-state index is 11.9. The van der Waals surface area contributed by atoms with Crippen LogP contribution in [0.3, 0.4) is 0 Å². The summed E-state index contributed by atoms with van der Waals surface area (Å²) >= 11 is 1.84. The van der Waals surface area contributed by atoms with E-state index in [1.807, 2.05) is 11.8 Å². The van der Waals surface area contributed by atoms with Crippen LogP contribution in [0.25, 0.3) is 10.9 Å². The molecule has 0 aliphatic rings. The molecule has 0 spiro atoms. The Balaban J connectivity index is 2.08. The predicted molar refractivity (Wildman–Crippen MR) is 82.9 cm³/mol. The summed E-state index contributed by atoms with van der Waals surface area (Å²) in [4.78, 5) is 19.0. The Morgan fingerprint density at radius 2 is 2.26 bits per heavy atom. The van der Waals surface area contributed by atoms with Gasteiger partial charge in [-0.15, -0.1) is 0 Å². The highest BCUT2D eigenvalue weighted by Gasteiger charge is 2.03. The fourth-order valence-corrected chi connectivity index (χ4v) is 2.31. The molecule has 0 unspecified atom stereocenters. The number of rotatable bonds is 6. The summed E-state index contributed by atoms with van der Waals surface area (Å²) in [5, 5.41) is 3.67. The number of aromatic amines is 1. The first-order valence-corrected chi connectivity index (χ1v) is 7.62. The molecule has 0 amide bonds. The van der Waals surface area contributed by atoms with E-state index in [0.717, 1.165) is 25.1 Å². The highest BCUT2D eigenvalue weighted by atomic mass is 32.2. The summed E-state index contributed by atoms with van der Waals surface area (Å²) in [6, 6.07) is 5.15. The molecule has 1 aromatic heterocycles. The second kappa shape index (κ2) is 6.47. The van der Waals surface area contributed by atoms with Crippen LogP contribution in [0.5, 0.6) is 0 Å². The molecule has 0 bridgehead atoms. The van der Waals surface area contributed by atoms with Gasteiger partial charge in [0.05, 0.1) is 10.9 Å². The van der Waals surface area contributed by atoms with Gasteiger partial charge in [-0.25, -0.2) is 4.98 Å². The van der Waals surface area contributed by atoms with Crippen molar-refractivity contribution in [1.82, 2.24) is 9.97 Å². The third-order valence-corrected chi connectivity index (χ3v) is 3.49. The Hall–Kier alpha value is -1.69. The van der Waals surface area contributed by atoms with Crippen molar-refractivity contribution in [2.45, 2.75) is 12.8 Å². The standard InChI is InChI=1S/C13H18N4OS/c1-19-7-3-2-6-15-13-16-11-5-4-9(14)8-10(11)12(18)17-13/h4-5,8H,2-3,6-7,14H2,1H3,(H2,15,16,17,18). The van der Waals surface area contributed by atoms with E-state index in [9.17, 15) is 4.79 Å². The highest BCUT2D eigenvalue weighted by Crippen LogP contribution is 2.12. The second-order valence-corrected chi connectivity index (χ2v) is 5.30. The molecule has 2 aromatic rings. The highest BCUT2D eigenvalue weighted by molar-refractivity contribution is 7.98. The van der Waals surface area contributed by atoms with Crippen LogP contribution < -0.4 is 16.6 Å². The fraction of sp³-hybridized carbons (Fsp3) is 0.385. The molecule has 0 aliphatic heterocycles. The number of nitrogens with two attached hydrogens (primary N) is 1. The first-order chi connectivity index (χ1) is 9.20. The number of nitrogen functional groups attached to an aromatic ring is 1. The van der Waals surface area contributed by atoms with Crippen LogP contribution in [0, 0.1) is 0 Å². The fourth-order valence-electron chi connectivity index (χ4n) is 1.82. The van der Waals surface area contributed by atoms with Gasteiger partial charge in [0.25, 0.3) is 5.56 Å². The first-order valence-electron chi connectivity index (χ1n) is 6.23. The van der Waals surface area contributed by atoms with E-state index >= 15 is 0 Å². The number of hydrogen-bond acceptors (Lipinski definition) is 5.